The van der Waals surface area contributed by atoms with E-state index in [0.29, 0.717) is 12.0 Å². The molecule has 1 aromatic rings. The molecule has 1 saturated heterocycles. The second-order valence-corrected chi connectivity index (χ2v) is 5.31. The third-order valence-electron chi connectivity index (χ3n) is 3.87. The maximum Gasteiger partial charge on any atom is 0.123 e. The number of halogens is 1. The van der Waals surface area contributed by atoms with Crippen molar-refractivity contribution in [2.75, 3.05) is 20.2 Å². The lowest BCUT2D eigenvalue weighted by Crippen LogP contribution is -2.41. The van der Waals surface area contributed by atoms with Crippen LogP contribution < -0.4 is 10.5 Å². The van der Waals surface area contributed by atoms with Crippen LogP contribution in [0.15, 0.2) is 24.3 Å². The van der Waals surface area contributed by atoms with Crippen LogP contribution in [0.3, 0.4) is 0 Å². The molecule has 2 rings (SSSR count). The van der Waals surface area contributed by atoms with Gasteiger partial charge in [-0.25, -0.2) is 0 Å². The quantitative estimate of drug-likeness (QED) is 0.924. The van der Waals surface area contributed by atoms with Crippen molar-refractivity contribution in [2.45, 2.75) is 32.4 Å². The zero-order valence-corrected chi connectivity index (χ0v) is 12.7. The highest BCUT2D eigenvalue weighted by Gasteiger charge is 2.23. The molecule has 1 heterocycles. The van der Waals surface area contributed by atoms with Gasteiger partial charge in [0.1, 0.15) is 5.75 Å². The zero-order chi connectivity index (χ0) is 13.0. The van der Waals surface area contributed by atoms with Crippen molar-refractivity contribution in [1.82, 2.24) is 4.90 Å². The van der Waals surface area contributed by atoms with Crippen LogP contribution in [0.2, 0.25) is 0 Å². The van der Waals surface area contributed by atoms with Gasteiger partial charge in [-0.2, -0.15) is 0 Å². The molecule has 2 N–H and O–H groups in total. The van der Waals surface area contributed by atoms with Crippen molar-refractivity contribution in [3.63, 3.8) is 0 Å². The molecule has 19 heavy (non-hydrogen) atoms. The molecule has 3 nitrogen and oxygen atoms in total. The van der Waals surface area contributed by atoms with Crippen molar-refractivity contribution >= 4 is 12.4 Å². The number of hydrogen-bond acceptors (Lipinski definition) is 3. The summed E-state index contributed by atoms with van der Waals surface area (Å²) in [6.07, 6.45) is 2.52. The third-order valence-corrected chi connectivity index (χ3v) is 3.87. The Morgan fingerprint density at radius 1 is 1.42 bits per heavy atom. The number of nitrogens with zero attached hydrogens (tertiary/aromatic N) is 1. The molecular formula is C15H25ClN2O. The van der Waals surface area contributed by atoms with Gasteiger partial charge in [-0.1, -0.05) is 18.2 Å². The van der Waals surface area contributed by atoms with E-state index in [4.69, 9.17) is 10.5 Å². The molecule has 1 aliphatic rings. The number of methoxy groups -OCH3 is 1. The minimum atomic E-state index is 0. The van der Waals surface area contributed by atoms with E-state index in [1.165, 1.54) is 24.9 Å². The summed E-state index contributed by atoms with van der Waals surface area (Å²) in [5.74, 6) is 1.62. The van der Waals surface area contributed by atoms with Gasteiger partial charge in [0.2, 0.25) is 0 Å². The lowest BCUT2D eigenvalue weighted by Gasteiger charge is -2.34. The maximum absolute atomic E-state index is 6.03. The second-order valence-electron chi connectivity index (χ2n) is 5.31. The minimum absolute atomic E-state index is 0. The topological polar surface area (TPSA) is 38.5 Å². The summed E-state index contributed by atoms with van der Waals surface area (Å²) in [6.45, 7) is 5.36. The van der Waals surface area contributed by atoms with Gasteiger partial charge >= 0.3 is 0 Å². The van der Waals surface area contributed by atoms with Crippen LogP contribution in [0.25, 0.3) is 0 Å². The predicted molar refractivity (Wildman–Crippen MR) is 81.9 cm³/mol. The van der Waals surface area contributed by atoms with E-state index in [1.807, 2.05) is 12.1 Å². The van der Waals surface area contributed by atoms with Gasteiger partial charge in [-0.05, 0) is 38.3 Å². The van der Waals surface area contributed by atoms with Crippen molar-refractivity contribution in [3.8, 4) is 5.75 Å². The summed E-state index contributed by atoms with van der Waals surface area (Å²) in [4.78, 5) is 2.50. The normalized spacial score (nSPS) is 21.5. The standard InChI is InChI=1S/C15H24N2O.ClH/c1-12(16)13-7-5-9-17(10-13)11-14-6-3-4-8-15(14)18-2;/h3-4,6,8,12-13H,5,7,9-11,16H2,1-2H3;1H. The van der Waals surface area contributed by atoms with Gasteiger partial charge in [-0.15, -0.1) is 12.4 Å². The van der Waals surface area contributed by atoms with Gasteiger partial charge in [0.25, 0.3) is 0 Å². The first-order valence-electron chi connectivity index (χ1n) is 6.80. The lowest BCUT2D eigenvalue weighted by molar-refractivity contribution is 0.153. The molecular weight excluding hydrogens is 260 g/mol. The summed E-state index contributed by atoms with van der Waals surface area (Å²) in [6, 6.07) is 8.57. The summed E-state index contributed by atoms with van der Waals surface area (Å²) in [5.41, 5.74) is 7.30. The number of rotatable bonds is 4. The van der Waals surface area contributed by atoms with E-state index in [1.54, 1.807) is 7.11 Å². The highest BCUT2D eigenvalue weighted by Crippen LogP contribution is 2.24. The molecule has 108 valence electrons. The van der Waals surface area contributed by atoms with Gasteiger partial charge in [-0.3, -0.25) is 4.90 Å². The highest BCUT2D eigenvalue weighted by molar-refractivity contribution is 5.85. The molecule has 0 radical (unpaired) electrons. The number of piperidine rings is 1. The molecule has 0 amide bonds. The Hall–Kier alpha value is -0.770. The SMILES string of the molecule is COc1ccccc1CN1CCCC(C(C)N)C1.Cl. The van der Waals surface area contributed by atoms with Crippen molar-refractivity contribution in [2.24, 2.45) is 11.7 Å². The number of ether oxygens (including phenoxy) is 1. The molecule has 1 aliphatic heterocycles. The Balaban J connectivity index is 0.00000180. The Labute approximate surface area is 122 Å². The van der Waals surface area contributed by atoms with Crippen LogP contribution >= 0.6 is 12.4 Å². The van der Waals surface area contributed by atoms with Crippen molar-refractivity contribution in [1.29, 1.82) is 0 Å². The van der Waals surface area contributed by atoms with Crippen molar-refractivity contribution < 1.29 is 4.74 Å². The molecule has 2 unspecified atom stereocenters. The molecule has 4 heteroatoms. The lowest BCUT2D eigenvalue weighted by atomic mass is 9.92. The Bertz CT molecular complexity index is 384. The Morgan fingerprint density at radius 2 is 2.16 bits per heavy atom. The average molecular weight is 285 g/mol. The first kappa shape index (κ1) is 16.3. The largest absolute Gasteiger partial charge is 0.496 e. The third kappa shape index (κ3) is 4.37. The molecule has 1 fully saturated rings. The number of para-hydroxylation sites is 1. The predicted octanol–water partition coefficient (Wildman–Crippen LogP) is 2.68. The van der Waals surface area contributed by atoms with E-state index < -0.39 is 0 Å². The summed E-state index contributed by atoms with van der Waals surface area (Å²) in [7, 11) is 1.74. The number of hydrogen-bond donors (Lipinski definition) is 1. The van der Waals surface area contributed by atoms with E-state index >= 15 is 0 Å². The fourth-order valence-corrected chi connectivity index (χ4v) is 2.74. The van der Waals surface area contributed by atoms with Gasteiger partial charge in [0.15, 0.2) is 0 Å². The molecule has 0 spiro atoms. The van der Waals surface area contributed by atoms with Gasteiger partial charge in [0.05, 0.1) is 7.11 Å². The maximum atomic E-state index is 6.03. The zero-order valence-electron chi connectivity index (χ0n) is 11.8. The average Bonchev–Trinajstić information content (AvgIpc) is 2.39. The Morgan fingerprint density at radius 3 is 2.84 bits per heavy atom. The van der Waals surface area contributed by atoms with Gasteiger partial charge in [0, 0.05) is 24.7 Å². The number of likely N-dealkylation sites (tertiary alicyclic amines) is 1. The van der Waals surface area contributed by atoms with Gasteiger partial charge < -0.3 is 10.5 Å². The van der Waals surface area contributed by atoms with Crippen molar-refractivity contribution in [3.05, 3.63) is 29.8 Å². The number of benzene rings is 1. The van der Waals surface area contributed by atoms with E-state index in [9.17, 15) is 0 Å². The molecule has 0 bridgehead atoms. The van der Waals surface area contributed by atoms with Crippen LogP contribution in [0.4, 0.5) is 0 Å². The molecule has 1 aromatic carbocycles. The summed E-state index contributed by atoms with van der Waals surface area (Å²) < 4.78 is 5.41. The van der Waals surface area contributed by atoms with Crippen LogP contribution in [0, 0.1) is 5.92 Å². The summed E-state index contributed by atoms with van der Waals surface area (Å²) >= 11 is 0. The van der Waals surface area contributed by atoms with Crippen LogP contribution in [-0.4, -0.2) is 31.1 Å². The molecule has 0 aliphatic carbocycles. The molecule has 0 aromatic heterocycles. The van der Waals surface area contributed by atoms with Crippen LogP contribution in [0.1, 0.15) is 25.3 Å². The number of nitrogens with two attached hydrogens (primary N) is 1. The fraction of sp³-hybridized carbons (Fsp3) is 0.600. The van der Waals surface area contributed by atoms with Crippen LogP contribution in [0.5, 0.6) is 5.75 Å². The van der Waals surface area contributed by atoms with Crippen LogP contribution in [-0.2, 0) is 6.54 Å². The first-order valence-corrected chi connectivity index (χ1v) is 6.80. The minimum Gasteiger partial charge on any atom is -0.496 e. The monoisotopic (exact) mass is 284 g/mol. The highest BCUT2D eigenvalue weighted by atomic mass is 35.5. The van der Waals surface area contributed by atoms with E-state index in [0.717, 1.165) is 18.8 Å². The first-order chi connectivity index (χ1) is 8.70. The Kier molecular flexibility index (Phi) is 6.63. The fourth-order valence-electron chi connectivity index (χ4n) is 2.74. The molecule has 0 saturated carbocycles. The summed E-state index contributed by atoms with van der Waals surface area (Å²) in [5, 5.41) is 0. The second kappa shape index (κ2) is 7.73. The molecule has 2 atom stereocenters. The van der Waals surface area contributed by atoms with E-state index in [-0.39, 0.29) is 12.4 Å². The van der Waals surface area contributed by atoms with E-state index in [2.05, 4.69) is 24.0 Å². The smallest absolute Gasteiger partial charge is 0.123 e.